The molecule has 1 heterocycles. The second-order valence-electron chi connectivity index (χ2n) is 4.42. The summed E-state index contributed by atoms with van der Waals surface area (Å²) in [6.07, 6.45) is 0.907. The fourth-order valence-electron chi connectivity index (χ4n) is 1.95. The van der Waals surface area contributed by atoms with Gasteiger partial charge in [0.25, 0.3) is 0 Å². The van der Waals surface area contributed by atoms with Gasteiger partial charge in [0.2, 0.25) is 0 Å². The molecule has 1 aromatic heterocycles. The molecule has 0 aliphatic rings. The monoisotopic (exact) mass is 287 g/mol. The zero-order valence-corrected chi connectivity index (χ0v) is 12.5. The summed E-state index contributed by atoms with van der Waals surface area (Å²) in [6, 6.07) is 7.60. The Hall–Kier alpha value is -1.90. The lowest BCUT2D eigenvalue weighted by atomic mass is 10.1. The van der Waals surface area contributed by atoms with E-state index in [1.807, 2.05) is 19.1 Å². The van der Waals surface area contributed by atoms with E-state index in [0.717, 1.165) is 35.0 Å². The molecule has 2 rings (SSSR count). The van der Waals surface area contributed by atoms with Crippen molar-refractivity contribution in [3.63, 3.8) is 0 Å². The van der Waals surface area contributed by atoms with Crippen LogP contribution in [0.5, 0.6) is 5.75 Å². The lowest BCUT2D eigenvalue weighted by Gasteiger charge is -2.09. The zero-order chi connectivity index (χ0) is 14.4. The average molecular weight is 287 g/mol. The van der Waals surface area contributed by atoms with Crippen molar-refractivity contribution < 1.29 is 4.74 Å². The molecule has 0 saturated heterocycles. The maximum atomic E-state index is 8.93. The lowest BCUT2D eigenvalue weighted by Crippen LogP contribution is -2.17. The minimum Gasteiger partial charge on any atom is -0.496 e. The molecule has 1 aromatic carbocycles. The number of nitrogens with one attached hydrogen (secondary N) is 1. The average Bonchev–Trinajstić information content (AvgIpc) is 2.89. The van der Waals surface area contributed by atoms with Crippen LogP contribution in [0.25, 0.3) is 0 Å². The van der Waals surface area contributed by atoms with Crippen LogP contribution in [-0.2, 0) is 13.0 Å². The summed E-state index contributed by atoms with van der Waals surface area (Å²) in [5.74, 6) is 0.806. The van der Waals surface area contributed by atoms with Crippen LogP contribution in [0.1, 0.15) is 21.8 Å². The van der Waals surface area contributed by atoms with Crippen molar-refractivity contribution in [1.82, 2.24) is 10.3 Å². The normalized spacial score (nSPS) is 10.2. The van der Waals surface area contributed by atoms with Crippen LogP contribution in [0.4, 0.5) is 0 Å². The van der Waals surface area contributed by atoms with Gasteiger partial charge >= 0.3 is 0 Å². The van der Waals surface area contributed by atoms with Gasteiger partial charge in [0, 0.05) is 30.5 Å². The van der Waals surface area contributed by atoms with Gasteiger partial charge < -0.3 is 10.1 Å². The molecule has 4 nitrogen and oxygen atoms in total. The molecule has 0 amide bonds. The maximum absolute atomic E-state index is 8.93. The smallest absolute Gasteiger partial charge is 0.123 e. The van der Waals surface area contributed by atoms with E-state index in [9.17, 15) is 0 Å². The van der Waals surface area contributed by atoms with E-state index < -0.39 is 0 Å². The lowest BCUT2D eigenvalue weighted by molar-refractivity contribution is 0.407. The first-order valence-electron chi connectivity index (χ1n) is 6.41. The number of benzene rings is 1. The highest BCUT2D eigenvalue weighted by molar-refractivity contribution is 7.09. The number of hydrogen-bond donors (Lipinski definition) is 1. The van der Waals surface area contributed by atoms with Gasteiger partial charge in [-0.05, 0) is 25.1 Å². The Kier molecular flexibility index (Phi) is 5.10. The number of nitrogens with zero attached hydrogens (tertiary/aromatic N) is 2. The van der Waals surface area contributed by atoms with Crippen molar-refractivity contribution in [2.45, 2.75) is 19.9 Å². The van der Waals surface area contributed by atoms with E-state index in [1.54, 1.807) is 24.5 Å². The summed E-state index contributed by atoms with van der Waals surface area (Å²) in [5, 5.41) is 15.5. The third-order valence-corrected chi connectivity index (χ3v) is 3.77. The summed E-state index contributed by atoms with van der Waals surface area (Å²) in [4.78, 5) is 4.43. The molecular formula is C15H17N3OS. The van der Waals surface area contributed by atoms with Crippen molar-refractivity contribution in [3.05, 3.63) is 45.4 Å². The van der Waals surface area contributed by atoms with Gasteiger partial charge in [0.05, 0.1) is 29.4 Å². The standard InChI is InChI=1S/C15H17N3OS/c1-11-18-14(10-20-11)5-6-17-9-13-7-12(8-16)3-4-15(13)19-2/h3-4,7,10,17H,5-6,9H2,1-2H3. The quantitative estimate of drug-likeness (QED) is 0.830. The van der Waals surface area contributed by atoms with E-state index in [-0.39, 0.29) is 0 Å². The molecular weight excluding hydrogens is 270 g/mol. The van der Waals surface area contributed by atoms with Gasteiger partial charge in [-0.1, -0.05) is 0 Å². The fourth-order valence-corrected chi connectivity index (χ4v) is 2.60. The Balaban J connectivity index is 1.88. The van der Waals surface area contributed by atoms with Crippen LogP contribution in [0.15, 0.2) is 23.6 Å². The molecule has 1 N–H and O–H groups in total. The predicted octanol–water partition coefficient (Wildman–Crippen LogP) is 2.66. The first kappa shape index (κ1) is 14.5. The van der Waals surface area contributed by atoms with Crippen LogP contribution >= 0.6 is 11.3 Å². The molecule has 0 fully saturated rings. The molecule has 0 saturated carbocycles. The van der Waals surface area contributed by atoms with Gasteiger partial charge in [0.15, 0.2) is 0 Å². The van der Waals surface area contributed by atoms with Crippen LogP contribution in [0.2, 0.25) is 0 Å². The topological polar surface area (TPSA) is 57.9 Å². The summed E-state index contributed by atoms with van der Waals surface area (Å²) in [6.45, 7) is 3.55. The van der Waals surface area contributed by atoms with Gasteiger partial charge in [-0.2, -0.15) is 5.26 Å². The Bertz CT molecular complexity index is 616. The first-order valence-corrected chi connectivity index (χ1v) is 7.29. The van der Waals surface area contributed by atoms with Crippen LogP contribution < -0.4 is 10.1 Å². The first-order chi connectivity index (χ1) is 9.72. The number of thiazole rings is 1. The van der Waals surface area contributed by atoms with Crippen molar-refractivity contribution in [1.29, 1.82) is 5.26 Å². The molecule has 0 aliphatic heterocycles. The van der Waals surface area contributed by atoms with Crippen LogP contribution in [0.3, 0.4) is 0 Å². The number of hydrogen-bond acceptors (Lipinski definition) is 5. The van der Waals surface area contributed by atoms with Crippen molar-refractivity contribution >= 4 is 11.3 Å². The van der Waals surface area contributed by atoms with E-state index in [4.69, 9.17) is 10.00 Å². The van der Waals surface area contributed by atoms with Crippen molar-refractivity contribution in [2.24, 2.45) is 0 Å². The third kappa shape index (κ3) is 3.80. The summed E-state index contributed by atoms with van der Waals surface area (Å²) >= 11 is 1.67. The second kappa shape index (κ2) is 7.04. The van der Waals surface area contributed by atoms with Gasteiger partial charge in [0.1, 0.15) is 5.75 Å². The predicted molar refractivity (Wildman–Crippen MR) is 80.0 cm³/mol. The summed E-state index contributed by atoms with van der Waals surface area (Å²) in [5.41, 5.74) is 2.77. The highest BCUT2D eigenvalue weighted by Crippen LogP contribution is 2.19. The molecule has 0 aliphatic carbocycles. The molecule has 5 heteroatoms. The molecule has 104 valence electrons. The molecule has 0 unspecified atom stereocenters. The Morgan fingerprint density at radius 1 is 1.45 bits per heavy atom. The Labute approximate surface area is 123 Å². The minimum atomic E-state index is 0.651. The van der Waals surface area contributed by atoms with Crippen molar-refractivity contribution in [2.75, 3.05) is 13.7 Å². The molecule has 0 bridgehead atoms. The van der Waals surface area contributed by atoms with Gasteiger partial charge in [-0.15, -0.1) is 11.3 Å². The van der Waals surface area contributed by atoms with Crippen LogP contribution in [-0.4, -0.2) is 18.6 Å². The Morgan fingerprint density at radius 3 is 2.95 bits per heavy atom. The largest absolute Gasteiger partial charge is 0.496 e. The van der Waals surface area contributed by atoms with Crippen molar-refractivity contribution in [3.8, 4) is 11.8 Å². The maximum Gasteiger partial charge on any atom is 0.123 e. The summed E-state index contributed by atoms with van der Waals surface area (Å²) in [7, 11) is 1.64. The molecule has 20 heavy (non-hydrogen) atoms. The van der Waals surface area contributed by atoms with Gasteiger partial charge in [-0.3, -0.25) is 0 Å². The van der Waals surface area contributed by atoms with Crippen LogP contribution in [0, 0.1) is 18.3 Å². The number of aromatic nitrogens is 1. The minimum absolute atomic E-state index is 0.651. The number of ether oxygens (including phenoxy) is 1. The van der Waals surface area contributed by atoms with E-state index >= 15 is 0 Å². The van der Waals surface area contributed by atoms with Gasteiger partial charge in [-0.25, -0.2) is 4.98 Å². The van der Waals surface area contributed by atoms with E-state index in [0.29, 0.717) is 12.1 Å². The SMILES string of the molecule is COc1ccc(C#N)cc1CNCCc1csc(C)n1. The van der Waals surface area contributed by atoms with E-state index in [1.165, 1.54) is 0 Å². The Morgan fingerprint density at radius 2 is 2.30 bits per heavy atom. The number of nitriles is 1. The second-order valence-corrected chi connectivity index (χ2v) is 5.49. The molecule has 2 aromatic rings. The van der Waals surface area contributed by atoms with E-state index in [2.05, 4.69) is 21.8 Å². The molecule has 0 spiro atoms. The third-order valence-electron chi connectivity index (χ3n) is 2.95. The highest BCUT2D eigenvalue weighted by Gasteiger charge is 2.04. The summed E-state index contributed by atoms with van der Waals surface area (Å²) < 4.78 is 5.30. The number of methoxy groups -OCH3 is 1. The number of aryl methyl sites for hydroxylation is 1. The molecule has 0 atom stereocenters. The molecule has 0 radical (unpaired) electrons. The number of rotatable bonds is 6. The zero-order valence-electron chi connectivity index (χ0n) is 11.6. The fraction of sp³-hybridized carbons (Fsp3) is 0.333. The highest BCUT2D eigenvalue weighted by atomic mass is 32.1.